The van der Waals surface area contributed by atoms with E-state index in [1.54, 1.807) is 0 Å². The number of hydrogen-bond donors (Lipinski definition) is 1. The maximum atomic E-state index is 12.9. The van der Waals surface area contributed by atoms with Crippen molar-refractivity contribution >= 4 is 43.0 Å². The van der Waals surface area contributed by atoms with Gasteiger partial charge in [-0.25, -0.2) is 16.8 Å². The summed E-state index contributed by atoms with van der Waals surface area (Å²) in [6.45, 7) is 0.332. The molecule has 1 N–H and O–H groups in total. The summed E-state index contributed by atoms with van der Waals surface area (Å²) in [5.41, 5.74) is -0.804. The molecule has 0 aromatic heterocycles. The van der Waals surface area contributed by atoms with E-state index in [1.807, 2.05) is 0 Å². The maximum Gasteiger partial charge on any atom is 0.417 e. The number of benzene rings is 2. The number of hydrogen-bond acceptors (Lipinski definition) is 4. The van der Waals surface area contributed by atoms with E-state index in [0.29, 0.717) is 24.7 Å². The van der Waals surface area contributed by atoms with Crippen LogP contribution in [0, 0.1) is 0 Å². The van der Waals surface area contributed by atoms with Crippen molar-refractivity contribution in [1.82, 2.24) is 0 Å². The Hall–Kier alpha value is -1.98. The Kier molecular flexibility index (Phi) is 5.28. The summed E-state index contributed by atoms with van der Waals surface area (Å²) in [7, 11) is -7.69. The molecule has 1 aliphatic heterocycles. The number of nitrogens with zero attached hydrogens (tertiary/aromatic N) is 1. The van der Waals surface area contributed by atoms with Gasteiger partial charge in [-0.05, 0) is 48.9 Å². The summed E-state index contributed by atoms with van der Waals surface area (Å²) in [5, 5.41) is -0.609. The van der Waals surface area contributed by atoms with Gasteiger partial charge in [-0.2, -0.15) is 13.2 Å². The molecule has 12 heteroatoms. The van der Waals surface area contributed by atoms with Gasteiger partial charge in [0.15, 0.2) is 0 Å². The van der Waals surface area contributed by atoms with Crippen molar-refractivity contribution in [2.24, 2.45) is 0 Å². The minimum Gasteiger partial charge on any atom is -0.280 e. The van der Waals surface area contributed by atoms with E-state index < -0.39 is 41.7 Å². The first-order valence-electron chi connectivity index (χ1n) is 7.90. The number of nitrogens with one attached hydrogen (secondary N) is 1. The molecule has 0 amide bonds. The topological polar surface area (TPSA) is 83.6 Å². The van der Waals surface area contributed by atoms with Crippen molar-refractivity contribution in [2.45, 2.75) is 17.5 Å². The average molecular weight is 455 g/mol. The van der Waals surface area contributed by atoms with E-state index in [2.05, 4.69) is 4.72 Å². The van der Waals surface area contributed by atoms with Crippen LogP contribution in [-0.2, 0) is 26.2 Å². The first kappa shape index (κ1) is 20.7. The van der Waals surface area contributed by atoms with E-state index in [4.69, 9.17) is 11.6 Å². The number of rotatable bonds is 4. The molecule has 0 bridgehead atoms. The molecule has 1 heterocycles. The lowest BCUT2D eigenvalue weighted by molar-refractivity contribution is -0.137. The van der Waals surface area contributed by atoms with Crippen molar-refractivity contribution in [3.63, 3.8) is 0 Å². The highest BCUT2D eigenvalue weighted by atomic mass is 35.5. The quantitative estimate of drug-likeness (QED) is 0.763. The molecular formula is C16H14ClF3N2O4S2. The average Bonchev–Trinajstić information content (AvgIpc) is 2.93. The van der Waals surface area contributed by atoms with Crippen LogP contribution in [0.3, 0.4) is 0 Å². The minimum absolute atomic E-state index is 0.0412. The molecule has 0 radical (unpaired) electrons. The second-order valence-electron chi connectivity index (χ2n) is 6.03. The first-order chi connectivity index (χ1) is 12.9. The van der Waals surface area contributed by atoms with Gasteiger partial charge in [0, 0.05) is 12.2 Å². The van der Waals surface area contributed by atoms with Crippen molar-refractivity contribution in [1.29, 1.82) is 0 Å². The molecule has 1 fully saturated rings. The van der Waals surface area contributed by atoms with Crippen LogP contribution in [0.2, 0.25) is 5.02 Å². The summed E-state index contributed by atoms with van der Waals surface area (Å²) in [6.07, 6.45) is -4.31. The number of halogens is 4. The third-order valence-electron chi connectivity index (χ3n) is 4.06. The van der Waals surface area contributed by atoms with Gasteiger partial charge >= 0.3 is 6.18 Å². The summed E-state index contributed by atoms with van der Waals surface area (Å²) >= 11 is 5.50. The Bertz CT molecular complexity index is 1100. The third-order valence-corrected chi connectivity index (χ3v) is 7.64. The standard InChI is InChI=1S/C16H14ClF3N2O4S2/c17-15-7-6-13(10-14(15)16(18,19)20)28(25,26)21-11-2-4-12(5-3-11)22-8-1-9-27(22,23)24/h2-7,10,21H,1,8-9H2. The highest BCUT2D eigenvalue weighted by Crippen LogP contribution is 2.36. The zero-order valence-electron chi connectivity index (χ0n) is 14.1. The van der Waals surface area contributed by atoms with Crippen LogP contribution in [0.5, 0.6) is 0 Å². The van der Waals surface area contributed by atoms with Crippen LogP contribution in [0.25, 0.3) is 0 Å². The Morgan fingerprint density at radius 1 is 1.07 bits per heavy atom. The Morgan fingerprint density at radius 3 is 2.25 bits per heavy atom. The molecule has 0 atom stereocenters. The molecule has 0 spiro atoms. The molecule has 0 unspecified atom stereocenters. The van der Waals surface area contributed by atoms with Gasteiger partial charge in [0.2, 0.25) is 10.0 Å². The smallest absolute Gasteiger partial charge is 0.280 e. The van der Waals surface area contributed by atoms with Crippen molar-refractivity contribution in [3.05, 3.63) is 53.1 Å². The van der Waals surface area contributed by atoms with Gasteiger partial charge in [-0.1, -0.05) is 11.6 Å². The summed E-state index contributed by atoms with van der Waals surface area (Å²) in [5.74, 6) is 0.0412. The number of sulfonamides is 2. The molecule has 1 aliphatic rings. The molecule has 0 aliphatic carbocycles. The predicted molar refractivity (Wildman–Crippen MR) is 99.5 cm³/mol. The number of alkyl halides is 3. The van der Waals surface area contributed by atoms with Gasteiger partial charge in [-0.15, -0.1) is 0 Å². The number of anilines is 2. The van der Waals surface area contributed by atoms with Crippen LogP contribution in [0.1, 0.15) is 12.0 Å². The Labute approximate surface area is 165 Å². The van der Waals surface area contributed by atoms with Crippen LogP contribution in [0.4, 0.5) is 24.5 Å². The van der Waals surface area contributed by atoms with Crippen molar-refractivity contribution in [2.75, 3.05) is 21.3 Å². The normalized spacial score (nSPS) is 16.9. The molecule has 1 saturated heterocycles. The highest BCUT2D eigenvalue weighted by molar-refractivity contribution is 7.93. The van der Waals surface area contributed by atoms with Crippen molar-refractivity contribution < 1.29 is 30.0 Å². The molecule has 2 aromatic carbocycles. The molecule has 152 valence electrons. The largest absolute Gasteiger partial charge is 0.417 e. The second kappa shape index (κ2) is 7.12. The summed E-state index contributed by atoms with van der Waals surface area (Å²) in [4.78, 5) is -0.601. The van der Waals surface area contributed by atoms with Gasteiger partial charge in [0.05, 0.1) is 26.9 Å². The van der Waals surface area contributed by atoms with E-state index in [9.17, 15) is 30.0 Å². The van der Waals surface area contributed by atoms with Crippen molar-refractivity contribution in [3.8, 4) is 0 Å². The maximum absolute atomic E-state index is 12.9. The molecule has 2 aromatic rings. The molecule has 3 rings (SSSR count). The summed E-state index contributed by atoms with van der Waals surface area (Å²) < 4.78 is 90.9. The molecule has 28 heavy (non-hydrogen) atoms. The van der Waals surface area contributed by atoms with Crippen LogP contribution in [-0.4, -0.2) is 29.1 Å². The summed E-state index contributed by atoms with van der Waals surface area (Å²) in [6, 6.07) is 7.79. The lowest BCUT2D eigenvalue weighted by Crippen LogP contribution is -2.25. The zero-order chi connectivity index (χ0) is 20.7. The first-order valence-corrected chi connectivity index (χ1v) is 11.4. The third kappa shape index (κ3) is 4.20. The van der Waals surface area contributed by atoms with E-state index in [0.717, 1.165) is 12.1 Å². The van der Waals surface area contributed by atoms with Crippen LogP contribution >= 0.6 is 11.6 Å². The van der Waals surface area contributed by atoms with E-state index >= 15 is 0 Å². The SMILES string of the molecule is O=S(=O)(Nc1ccc(N2CCCS2(=O)=O)cc1)c1ccc(Cl)c(C(F)(F)F)c1. The van der Waals surface area contributed by atoms with Gasteiger partial charge in [0.1, 0.15) is 0 Å². The van der Waals surface area contributed by atoms with Crippen LogP contribution < -0.4 is 9.03 Å². The fourth-order valence-corrected chi connectivity index (χ4v) is 5.60. The molecule has 0 saturated carbocycles. The second-order valence-corrected chi connectivity index (χ2v) is 10.1. The molecule has 6 nitrogen and oxygen atoms in total. The highest BCUT2D eigenvalue weighted by Gasteiger charge is 2.34. The van der Waals surface area contributed by atoms with Gasteiger partial charge < -0.3 is 0 Å². The zero-order valence-corrected chi connectivity index (χ0v) is 16.5. The fraction of sp³-hybridized carbons (Fsp3) is 0.250. The predicted octanol–water partition coefficient (Wildman–Crippen LogP) is 3.70. The monoisotopic (exact) mass is 454 g/mol. The van der Waals surface area contributed by atoms with Gasteiger partial charge in [-0.3, -0.25) is 9.03 Å². The fourth-order valence-electron chi connectivity index (χ4n) is 2.73. The Morgan fingerprint density at radius 2 is 1.71 bits per heavy atom. The minimum atomic E-state index is -4.80. The molecular weight excluding hydrogens is 441 g/mol. The lowest BCUT2D eigenvalue weighted by atomic mass is 10.2. The van der Waals surface area contributed by atoms with Gasteiger partial charge in [0.25, 0.3) is 10.0 Å². The van der Waals surface area contributed by atoms with Crippen LogP contribution in [0.15, 0.2) is 47.4 Å². The Balaban J connectivity index is 1.85. The van der Waals surface area contributed by atoms with E-state index in [1.165, 1.54) is 28.6 Å². The van der Waals surface area contributed by atoms with E-state index in [-0.39, 0.29) is 11.4 Å². The lowest BCUT2D eigenvalue weighted by Gasteiger charge is -2.17.